The van der Waals surface area contributed by atoms with Crippen LogP contribution < -0.4 is 10.2 Å². The molecule has 0 bridgehead atoms. The van der Waals surface area contributed by atoms with Gasteiger partial charge in [-0.05, 0) is 50.9 Å². The molecular formula is C22H28N4O2S. The average Bonchev–Trinajstić information content (AvgIpc) is 3.31. The third kappa shape index (κ3) is 4.85. The summed E-state index contributed by atoms with van der Waals surface area (Å²) in [6.45, 7) is 7.79. The highest BCUT2D eigenvalue weighted by molar-refractivity contribution is 7.13. The van der Waals surface area contributed by atoms with Crippen molar-refractivity contribution in [3.8, 4) is 0 Å². The normalized spacial score (nSPS) is 21.0. The Hall–Kier alpha value is -2.25. The fourth-order valence-corrected chi connectivity index (χ4v) is 4.66. The number of benzene rings is 1. The first-order valence-corrected chi connectivity index (χ1v) is 11.2. The van der Waals surface area contributed by atoms with E-state index < -0.39 is 0 Å². The highest BCUT2D eigenvalue weighted by Gasteiger charge is 2.35. The molecule has 2 amide bonds. The molecule has 2 fully saturated rings. The zero-order valence-electron chi connectivity index (χ0n) is 17.1. The summed E-state index contributed by atoms with van der Waals surface area (Å²) in [5.74, 6) is 0.332. The summed E-state index contributed by atoms with van der Waals surface area (Å²) in [7, 11) is 0. The van der Waals surface area contributed by atoms with Crippen molar-refractivity contribution in [2.45, 2.75) is 39.7 Å². The van der Waals surface area contributed by atoms with Crippen molar-refractivity contribution in [2.75, 3.05) is 29.9 Å². The lowest BCUT2D eigenvalue weighted by molar-refractivity contribution is -0.122. The van der Waals surface area contributed by atoms with Crippen molar-refractivity contribution in [2.24, 2.45) is 11.8 Å². The number of aromatic nitrogens is 1. The maximum absolute atomic E-state index is 12.7. The van der Waals surface area contributed by atoms with E-state index in [1.54, 1.807) is 4.90 Å². The van der Waals surface area contributed by atoms with Crippen LogP contribution in [0.2, 0.25) is 0 Å². The molecule has 1 aromatic carbocycles. The molecule has 1 aromatic heterocycles. The first-order valence-electron chi connectivity index (χ1n) is 10.3. The predicted octanol–water partition coefficient (Wildman–Crippen LogP) is 3.68. The van der Waals surface area contributed by atoms with Crippen LogP contribution >= 0.6 is 11.3 Å². The first kappa shape index (κ1) is 20.0. The van der Waals surface area contributed by atoms with E-state index in [9.17, 15) is 9.59 Å². The van der Waals surface area contributed by atoms with E-state index in [2.05, 4.69) is 22.1 Å². The van der Waals surface area contributed by atoms with Crippen LogP contribution in [0.1, 0.15) is 37.4 Å². The van der Waals surface area contributed by atoms with Gasteiger partial charge in [0.15, 0.2) is 5.13 Å². The van der Waals surface area contributed by atoms with E-state index in [4.69, 9.17) is 0 Å². The number of carbonyl (C=O) groups is 2. The van der Waals surface area contributed by atoms with Crippen LogP contribution in [-0.2, 0) is 16.1 Å². The molecule has 7 heteroatoms. The number of aryl methyl sites for hydroxylation is 1. The molecule has 0 radical (unpaired) electrons. The molecule has 3 heterocycles. The van der Waals surface area contributed by atoms with Gasteiger partial charge in [0.05, 0.1) is 11.6 Å². The van der Waals surface area contributed by atoms with Crippen molar-refractivity contribution < 1.29 is 9.59 Å². The summed E-state index contributed by atoms with van der Waals surface area (Å²) >= 11 is 1.46. The standard InChI is InChI=1S/C22H28N4O2S/c1-15-3-5-19(6-4-15)26-12-17(11-20(26)27)21(28)24-22-23-18(14-29-22)13-25-9-7-16(2)8-10-25/h3-6,14,16-17H,7-13H2,1-2H3,(H,23,24,28). The summed E-state index contributed by atoms with van der Waals surface area (Å²) in [6.07, 6.45) is 2.71. The molecule has 2 saturated heterocycles. The van der Waals surface area contributed by atoms with Crippen LogP contribution in [0, 0.1) is 18.8 Å². The maximum Gasteiger partial charge on any atom is 0.231 e. The van der Waals surface area contributed by atoms with E-state index in [-0.39, 0.29) is 24.2 Å². The fraction of sp³-hybridized carbons (Fsp3) is 0.500. The SMILES string of the molecule is Cc1ccc(N2CC(C(=O)Nc3nc(CN4CCC(C)CC4)cs3)CC2=O)cc1. The third-order valence-corrected chi connectivity index (χ3v) is 6.69. The van der Waals surface area contributed by atoms with Crippen molar-refractivity contribution in [1.29, 1.82) is 0 Å². The number of anilines is 2. The Labute approximate surface area is 175 Å². The smallest absolute Gasteiger partial charge is 0.231 e. The Morgan fingerprint density at radius 1 is 1.24 bits per heavy atom. The number of rotatable bonds is 5. The van der Waals surface area contributed by atoms with Gasteiger partial charge in [-0.25, -0.2) is 4.98 Å². The summed E-state index contributed by atoms with van der Waals surface area (Å²) < 4.78 is 0. The van der Waals surface area contributed by atoms with Gasteiger partial charge in [0.1, 0.15) is 0 Å². The van der Waals surface area contributed by atoms with Gasteiger partial charge in [0.25, 0.3) is 0 Å². The highest BCUT2D eigenvalue weighted by Crippen LogP contribution is 2.27. The lowest BCUT2D eigenvalue weighted by Gasteiger charge is -2.29. The van der Waals surface area contributed by atoms with Gasteiger partial charge in [-0.2, -0.15) is 0 Å². The van der Waals surface area contributed by atoms with Gasteiger partial charge in [0, 0.05) is 30.6 Å². The van der Waals surface area contributed by atoms with Crippen LogP contribution in [-0.4, -0.2) is 41.3 Å². The van der Waals surface area contributed by atoms with Crippen LogP contribution in [0.4, 0.5) is 10.8 Å². The summed E-state index contributed by atoms with van der Waals surface area (Å²) in [4.78, 5) is 33.8. The number of amides is 2. The van der Waals surface area contributed by atoms with Gasteiger partial charge in [-0.15, -0.1) is 11.3 Å². The second kappa shape index (κ2) is 8.63. The highest BCUT2D eigenvalue weighted by atomic mass is 32.1. The molecule has 0 aliphatic carbocycles. The molecule has 1 N–H and O–H groups in total. The Balaban J connectivity index is 1.32. The summed E-state index contributed by atoms with van der Waals surface area (Å²) in [6, 6.07) is 7.83. The molecule has 2 aliphatic heterocycles. The second-order valence-corrected chi connectivity index (χ2v) is 9.19. The van der Waals surface area contributed by atoms with Gasteiger partial charge in [-0.3, -0.25) is 14.5 Å². The molecule has 2 aliphatic rings. The van der Waals surface area contributed by atoms with E-state index in [0.29, 0.717) is 11.7 Å². The number of piperidine rings is 1. The molecule has 6 nitrogen and oxygen atoms in total. The van der Waals surface area contributed by atoms with Crippen molar-refractivity contribution in [3.63, 3.8) is 0 Å². The minimum atomic E-state index is -0.347. The molecule has 0 spiro atoms. The van der Waals surface area contributed by atoms with Crippen LogP contribution in [0.25, 0.3) is 0 Å². The lowest BCUT2D eigenvalue weighted by Crippen LogP contribution is -2.32. The van der Waals surface area contributed by atoms with Gasteiger partial charge in [0.2, 0.25) is 11.8 Å². The number of nitrogens with one attached hydrogen (secondary N) is 1. The Morgan fingerprint density at radius 3 is 2.69 bits per heavy atom. The molecular weight excluding hydrogens is 384 g/mol. The number of likely N-dealkylation sites (tertiary alicyclic amines) is 1. The van der Waals surface area contributed by atoms with E-state index in [1.165, 1.54) is 24.2 Å². The molecule has 0 saturated carbocycles. The van der Waals surface area contributed by atoms with Crippen molar-refractivity contribution in [1.82, 2.24) is 9.88 Å². The van der Waals surface area contributed by atoms with Crippen molar-refractivity contribution >= 4 is 34.0 Å². The first-order chi connectivity index (χ1) is 14.0. The summed E-state index contributed by atoms with van der Waals surface area (Å²) in [5.41, 5.74) is 3.00. The number of hydrogen-bond acceptors (Lipinski definition) is 5. The fourth-order valence-electron chi connectivity index (χ4n) is 3.95. The topological polar surface area (TPSA) is 65.5 Å². The maximum atomic E-state index is 12.7. The third-order valence-electron chi connectivity index (χ3n) is 5.89. The van der Waals surface area contributed by atoms with E-state index in [0.717, 1.165) is 42.5 Å². The number of thiazole rings is 1. The molecule has 2 aromatic rings. The molecule has 154 valence electrons. The monoisotopic (exact) mass is 412 g/mol. The zero-order chi connectivity index (χ0) is 20.4. The van der Waals surface area contributed by atoms with Crippen LogP contribution in [0.5, 0.6) is 0 Å². The van der Waals surface area contributed by atoms with Gasteiger partial charge in [-0.1, -0.05) is 24.6 Å². The second-order valence-electron chi connectivity index (χ2n) is 8.33. The van der Waals surface area contributed by atoms with Gasteiger partial charge >= 0.3 is 0 Å². The van der Waals surface area contributed by atoms with Gasteiger partial charge < -0.3 is 10.2 Å². The number of nitrogens with zero attached hydrogens (tertiary/aromatic N) is 3. The minimum Gasteiger partial charge on any atom is -0.312 e. The number of carbonyl (C=O) groups excluding carboxylic acids is 2. The average molecular weight is 413 g/mol. The Bertz CT molecular complexity index is 871. The molecule has 29 heavy (non-hydrogen) atoms. The predicted molar refractivity (Wildman–Crippen MR) is 116 cm³/mol. The largest absolute Gasteiger partial charge is 0.312 e. The summed E-state index contributed by atoms with van der Waals surface area (Å²) in [5, 5.41) is 5.56. The van der Waals surface area contributed by atoms with Crippen LogP contribution in [0.3, 0.4) is 0 Å². The molecule has 1 unspecified atom stereocenters. The Kier molecular flexibility index (Phi) is 5.96. The molecule has 4 rings (SSSR count). The molecule has 1 atom stereocenters. The van der Waals surface area contributed by atoms with Crippen LogP contribution in [0.15, 0.2) is 29.6 Å². The lowest BCUT2D eigenvalue weighted by atomic mass is 9.99. The van der Waals surface area contributed by atoms with Crippen molar-refractivity contribution in [3.05, 3.63) is 40.9 Å². The zero-order valence-corrected chi connectivity index (χ0v) is 17.9. The Morgan fingerprint density at radius 2 is 1.97 bits per heavy atom. The van der Waals surface area contributed by atoms with E-state index >= 15 is 0 Å². The minimum absolute atomic E-state index is 0.00634. The quantitative estimate of drug-likeness (QED) is 0.814. The number of hydrogen-bond donors (Lipinski definition) is 1. The van der Waals surface area contributed by atoms with E-state index in [1.807, 2.05) is 36.6 Å².